The first-order valence-corrected chi connectivity index (χ1v) is 9.95. The lowest BCUT2D eigenvalue weighted by molar-refractivity contribution is 0.0640. The highest BCUT2D eigenvalue weighted by Crippen LogP contribution is 2.37. The Kier molecular flexibility index (Phi) is 4.30. The van der Waals surface area contributed by atoms with Gasteiger partial charge in [0.1, 0.15) is 5.82 Å². The number of aromatic nitrogens is 1. The number of nitrogens with zero attached hydrogens (tertiary/aromatic N) is 3. The van der Waals surface area contributed by atoms with Gasteiger partial charge in [0.15, 0.2) is 0 Å². The third kappa shape index (κ3) is 3.15. The number of carbonyl (C=O) groups is 1. The van der Waals surface area contributed by atoms with Crippen molar-refractivity contribution in [2.75, 3.05) is 6.54 Å². The van der Waals surface area contributed by atoms with E-state index >= 15 is 0 Å². The predicted molar refractivity (Wildman–Crippen MR) is 107 cm³/mol. The number of hydrogen-bond acceptors (Lipinski definition) is 3. The highest BCUT2D eigenvalue weighted by molar-refractivity contribution is 5.96. The van der Waals surface area contributed by atoms with E-state index in [1.165, 1.54) is 17.2 Å². The van der Waals surface area contributed by atoms with Crippen LogP contribution >= 0.6 is 0 Å². The van der Waals surface area contributed by atoms with Crippen molar-refractivity contribution in [1.29, 1.82) is 0 Å². The zero-order valence-electron chi connectivity index (χ0n) is 15.6. The summed E-state index contributed by atoms with van der Waals surface area (Å²) in [6.07, 6.45) is 8.43. The molecule has 5 heteroatoms. The van der Waals surface area contributed by atoms with Crippen LogP contribution in [0.1, 0.15) is 42.5 Å². The van der Waals surface area contributed by atoms with Crippen LogP contribution in [0.3, 0.4) is 0 Å². The number of carbonyl (C=O) groups excluding carboxylic acids is 1. The lowest BCUT2D eigenvalue weighted by Crippen LogP contribution is -2.43. The van der Waals surface area contributed by atoms with Gasteiger partial charge in [-0.3, -0.25) is 14.8 Å². The fourth-order valence-electron chi connectivity index (χ4n) is 4.33. The molecule has 0 N–H and O–H groups in total. The zero-order chi connectivity index (χ0) is 19.1. The molecule has 1 fully saturated rings. The first-order chi connectivity index (χ1) is 13.7. The van der Waals surface area contributed by atoms with E-state index in [-0.39, 0.29) is 23.6 Å². The molecule has 2 aromatic rings. The Morgan fingerprint density at radius 3 is 2.75 bits per heavy atom. The van der Waals surface area contributed by atoms with Crippen molar-refractivity contribution in [3.05, 3.63) is 65.1 Å². The van der Waals surface area contributed by atoms with Gasteiger partial charge in [0.25, 0.3) is 5.91 Å². The van der Waals surface area contributed by atoms with Crippen molar-refractivity contribution >= 4 is 12.1 Å². The summed E-state index contributed by atoms with van der Waals surface area (Å²) in [5.41, 5.74) is 4.23. The molecule has 0 radical (unpaired) electrons. The van der Waals surface area contributed by atoms with Gasteiger partial charge in [-0.1, -0.05) is 12.1 Å². The highest BCUT2D eigenvalue weighted by Gasteiger charge is 2.40. The molecule has 0 spiro atoms. The predicted octanol–water partition coefficient (Wildman–Crippen LogP) is 4.43. The number of halogens is 1. The van der Waals surface area contributed by atoms with Crippen molar-refractivity contribution in [3.63, 3.8) is 0 Å². The van der Waals surface area contributed by atoms with Crippen LogP contribution in [0.4, 0.5) is 4.39 Å². The summed E-state index contributed by atoms with van der Waals surface area (Å²) in [6.45, 7) is 0.809. The Balaban J connectivity index is 1.42. The minimum atomic E-state index is -0.475. The van der Waals surface area contributed by atoms with Gasteiger partial charge in [-0.25, -0.2) is 4.39 Å². The van der Waals surface area contributed by atoms with E-state index in [0.29, 0.717) is 11.3 Å². The third-order valence-electron chi connectivity index (χ3n) is 5.95. The lowest BCUT2D eigenvalue weighted by Gasteiger charge is -2.35. The number of pyridine rings is 1. The Morgan fingerprint density at radius 1 is 1.11 bits per heavy atom. The second-order valence-electron chi connectivity index (χ2n) is 7.85. The summed E-state index contributed by atoms with van der Waals surface area (Å²) in [5, 5.41) is 0. The summed E-state index contributed by atoms with van der Waals surface area (Å²) in [7, 11) is 0. The normalized spacial score (nSPS) is 21.0. The first-order valence-electron chi connectivity index (χ1n) is 9.95. The second-order valence-corrected chi connectivity index (χ2v) is 7.85. The molecule has 1 unspecified atom stereocenters. The van der Waals surface area contributed by atoms with E-state index in [0.717, 1.165) is 38.6 Å². The summed E-state index contributed by atoms with van der Waals surface area (Å²) >= 11 is 0. The minimum absolute atomic E-state index is 0.137. The minimum Gasteiger partial charge on any atom is -0.332 e. The van der Waals surface area contributed by atoms with E-state index in [2.05, 4.69) is 9.98 Å². The van der Waals surface area contributed by atoms with E-state index in [4.69, 9.17) is 0 Å². The van der Waals surface area contributed by atoms with E-state index in [1.54, 1.807) is 18.3 Å². The Labute approximate surface area is 163 Å². The maximum Gasteiger partial charge on any atom is 0.257 e. The van der Waals surface area contributed by atoms with Gasteiger partial charge in [-0.05, 0) is 67.5 Å². The van der Waals surface area contributed by atoms with Crippen LogP contribution in [0.5, 0.6) is 0 Å². The van der Waals surface area contributed by atoms with Crippen LogP contribution in [-0.4, -0.2) is 40.6 Å². The largest absolute Gasteiger partial charge is 0.332 e. The maximum atomic E-state index is 14.9. The highest BCUT2D eigenvalue weighted by atomic mass is 19.1. The third-order valence-corrected chi connectivity index (χ3v) is 5.95. The van der Waals surface area contributed by atoms with Gasteiger partial charge >= 0.3 is 0 Å². The van der Waals surface area contributed by atoms with Crippen molar-refractivity contribution in [1.82, 2.24) is 9.88 Å². The quantitative estimate of drug-likeness (QED) is 0.794. The molecule has 1 aromatic heterocycles. The lowest BCUT2D eigenvalue weighted by atomic mass is 9.88. The molecular weight excluding hydrogens is 353 g/mol. The van der Waals surface area contributed by atoms with Crippen LogP contribution in [0.15, 0.2) is 58.7 Å². The van der Waals surface area contributed by atoms with Crippen molar-refractivity contribution in [3.8, 4) is 11.3 Å². The van der Waals surface area contributed by atoms with E-state index in [9.17, 15) is 9.18 Å². The van der Waals surface area contributed by atoms with E-state index < -0.39 is 5.82 Å². The SMILES string of the molecule is O=C(c1ccc(-c2ccccn2)cc1F)N(C1CC1)C1CCC2=C(C=NC2)C1. The van der Waals surface area contributed by atoms with Gasteiger partial charge < -0.3 is 4.90 Å². The van der Waals surface area contributed by atoms with Crippen molar-refractivity contribution in [2.24, 2.45) is 4.99 Å². The van der Waals surface area contributed by atoms with Crippen LogP contribution in [0, 0.1) is 5.82 Å². The molecule has 1 aliphatic heterocycles. The van der Waals surface area contributed by atoms with Gasteiger partial charge in [0, 0.05) is 30.1 Å². The average Bonchev–Trinajstić information content (AvgIpc) is 3.44. The van der Waals surface area contributed by atoms with Gasteiger partial charge in [-0.15, -0.1) is 0 Å². The molecule has 3 aliphatic rings. The number of aliphatic imine (C=N–C) groups is 1. The summed E-state index contributed by atoms with van der Waals surface area (Å²) in [4.78, 5) is 23.9. The van der Waals surface area contributed by atoms with E-state index in [1.807, 2.05) is 29.3 Å². The molecule has 1 amide bonds. The molecule has 1 aromatic carbocycles. The molecule has 1 atom stereocenters. The van der Waals surface area contributed by atoms with Crippen LogP contribution in [0.2, 0.25) is 0 Å². The smallest absolute Gasteiger partial charge is 0.257 e. The topological polar surface area (TPSA) is 45.6 Å². The standard InChI is InChI=1S/C23H22FN3O/c24-21-12-15(22-3-1-2-10-26-22)5-9-20(21)23(28)27(18-7-8-18)19-6-4-16-13-25-14-17(16)11-19/h1-3,5,9-10,12,14,18-19H,4,6-8,11,13H2. The van der Waals surface area contributed by atoms with Gasteiger partial charge in [-0.2, -0.15) is 0 Å². The molecule has 28 heavy (non-hydrogen) atoms. The molecule has 1 saturated carbocycles. The molecule has 0 saturated heterocycles. The number of amides is 1. The van der Waals surface area contributed by atoms with Crippen LogP contribution in [-0.2, 0) is 0 Å². The van der Waals surface area contributed by atoms with Crippen LogP contribution in [0.25, 0.3) is 11.3 Å². The Bertz CT molecular complexity index is 979. The summed E-state index contributed by atoms with van der Waals surface area (Å²) < 4.78 is 14.9. The molecule has 142 valence electrons. The monoisotopic (exact) mass is 375 g/mol. The molecule has 4 nitrogen and oxygen atoms in total. The Morgan fingerprint density at radius 2 is 2.00 bits per heavy atom. The first kappa shape index (κ1) is 17.3. The fourth-order valence-corrected chi connectivity index (χ4v) is 4.33. The summed E-state index contributed by atoms with van der Waals surface area (Å²) in [5.74, 6) is -0.659. The fraction of sp³-hybridized carbons (Fsp3) is 0.348. The second kappa shape index (κ2) is 6.97. The zero-order valence-corrected chi connectivity index (χ0v) is 15.6. The molecule has 2 aliphatic carbocycles. The molecular formula is C23H22FN3O. The van der Waals surface area contributed by atoms with Crippen molar-refractivity contribution in [2.45, 2.75) is 44.2 Å². The molecule has 2 heterocycles. The van der Waals surface area contributed by atoms with Gasteiger partial charge in [0.2, 0.25) is 0 Å². The molecule has 0 bridgehead atoms. The summed E-state index contributed by atoms with van der Waals surface area (Å²) in [6, 6.07) is 10.7. The number of rotatable bonds is 4. The average molecular weight is 375 g/mol. The Hall–Kier alpha value is -2.82. The number of hydrogen-bond donors (Lipinski definition) is 0. The van der Waals surface area contributed by atoms with Gasteiger partial charge in [0.05, 0.1) is 17.8 Å². The van der Waals surface area contributed by atoms with Crippen molar-refractivity contribution < 1.29 is 9.18 Å². The maximum absolute atomic E-state index is 14.9. The number of benzene rings is 1. The van der Waals surface area contributed by atoms with Crippen LogP contribution < -0.4 is 0 Å². The molecule has 5 rings (SSSR count).